The van der Waals surface area contributed by atoms with Crippen LogP contribution in [0.4, 0.5) is 0 Å². The maximum absolute atomic E-state index is 13.9. The third kappa shape index (κ3) is 3.56. The molecule has 2 unspecified atom stereocenters. The predicted molar refractivity (Wildman–Crippen MR) is 120 cm³/mol. The zero-order valence-corrected chi connectivity index (χ0v) is 17.7. The number of nitrogens with two attached hydrogens (primary N) is 1. The van der Waals surface area contributed by atoms with Gasteiger partial charge in [0.15, 0.2) is 11.5 Å². The van der Waals surface area contributed by atoms with Crippen LogP contribution in [0.2, 0.25) is 0 Å². The second-order valence-corrected chi connectivity index (χ2v) is 9.23. The van der Waals surface area contributed by atoms with E-state index in [4.69, 9.17) is 10.7 Å². The molecule has 2 aromatic rings. The summed E-state index contributed by atoms with van der Waals surface area (Å²) in [6, 6.07) is 19.3. The highest BCUT2D eigenvalue weighted by atomic mass is 16.2. The Kier molecular flexibility index (Phi) is 5.12. The van der Waals surface area contributed by atoms with Gasteiger partial charge in [-0.1, -0.05) is 67.1 Å². The molecule has 0 radical (unpaired) electrons. The molecule has 0 bridgehead atoms. The van der Waals surface area contributed by atoms with Gasteiger partial charge in [-0.15, -0.1) is 0 Å². The Labute approximate surface area is 183 Å². The number of hydrogen-bond acceptors (Lipinski definition) is 4. The summed E-state index contributed by atoms with van der Waals surface area (Å²) in [4.78, 5) is 33.0. The fourth-order valence-electron chi connectivity index (χ4n) is 5.33. The molecule has 2 atom stereocenters. The lowest BCUT2D eigenvalue weighted by atomic mass is 9.78. The van der Waals surface area contributed by atoms with Crippen LogP contribution in [0.3, 0.4) is 0 Å². The van der Waals surface area contributed by atoms with Gasteiger partial charge in [0.25, 0.3) is 5.91 Å². The smallest absolute Gasteiger partial charge is 0.266 e. The molecular weight excluding hydrogens is 386 g/mol. The third-order valence-electron chi connectivity index (χ3n) is 7.10. The van der Waals surface area contributed by atoms with Crippen molar-refractivity contribution < 1.29 is 9.59 Å². The van der Waals surface area contributed by atoms with E-state index in [2.05, 4.69) is 0 Å². The lowest BCUT2D eigenvalue weighted by Crippen LogP contribution is -2.46. The molecule has 0 aromatic heterocycles. The molecule has 1 aliphatic heterocycles. The molecule has 1 amide bonds. The normalized spacial score (nSPS) is 25.4. The van der Waals surface area contributed by atoms with E-state index in [0.29, 0.717) is 18.2 Å². The van der Waals surface area contributed by atoms with Crippen LogP contribution in [0.5, 0.6) is 0 Å². The van der Waals surface area contributed by atoms with Crippen molar-refractivity contribution in [1.29, 1.82) is 0 Å². The van der Waals surface area contributed by atoms with Crippen LogP contribution in [0.25, 0.3) is 0 Å². The number of ketones is 1. The highest BCUT2D eigenvalue weighted by Gasteiger charge is 2.51. The number of nitrogens with zero attached hydrogens (tertiary/aromatic N) is 2. The summed E-state index contributed by atoms with van der Waals surface area (Å²) in [7, 11) is 0. The van der Waals surface area contributed by atoms with E-state index >= 15 is 0 Å². The molecule has 2 aliphatic carbocycles. The van der Waals surface area contributed by atoms with Gasteiger partial charge in [-0.2, -0.15) is 0 Å². The standard InChI is InChI=1S/C26H29N3O2/c27-25-28-26(21-10-3-1-4-11-21,22-12-5-2-6-13-22)24(31)29(25)17-18-8-7-9-20(16-18)23(30)19-14-15-19/h1-6,10-13,18-20H,7-9,14-17H2,(H2,27,28). The number of carbonyl (C=O) groups excluding carboxylic acids is 2. The van der Waals surface area contributed by atoms with E-state index in [0.717, 1.165) is 49.7 Å². The molecular formula is C26H29N3O2. The number of benzene rings is 2. The molecule has 5 rings (SSSR count). The molecule has 2 saturated carbocycles. The molecule has 2 aromatic carbocycles. The van der Waals surface area contributed by atoms with Gasteiger partial charge in [-0.05, 0) is 49.1 Å². The van der Waals surface area contributed by atoms with Gasteiger partial charge in [0.1, 0.15) is 5.78 Å². The van der Waals surface area contributed by atoms with Crippen molar-refractivity contribution in [2.24, 2.45) is 28.5 Å². The first-order valence-corrected chi connectivity index (χ1v) is 11.4. The number of guanidine groups is 1. The van der Waals surface area contributed by atoms with Crippen molar-refractivity contribution in [1.82, 2.24) is 4.90 Å². The molecule has 31 heavy (non-hydrogen) atoms. The maximum Gasteiger partial charge on any atom is 0.266 e. The van der Waals surface area contributed by atoms with Crippen molar-refractivity contribution in [2.75, 3.05) is 6.54 Å². The Hall–Kier alpha value is -2.95. The van der Waals surface area contributed by atoms with Gasteiger partial charge in [0.2, 0.25) is 0 Å². The van der Waals surface area contributed by atoms with Crippen LogP contribution in [0, 0.1) is 17.8 Å². The summed E-state index contributed by atoms with van der Waals surface area (Å²) >= 11 is 0. The highest BCUT2D eigenvalue weighted by molar-refractivity contribution is 6.09. The molecule has 1 heterocycles. The molecule has 0 spiro atoms. The molecule has 2 fully saturated rings. The van der Waals surface area contributed by atoms with Gasteiger partial charge in [0, 0.05) is 18.4 Å². The van der Waals surface area contributed by atoms with Gasteiger partial charge in [-0.3, -0.25) is 14.5 Å². The van der Waals surface area contributed by atoms with E-state index in [1.54, 1.807) is 4.90 Å². The number of hydrogen-bond donors (Lipinski definition) is 1. The molecule has 0 saturated heterocycles. The Morgan fingerprint density at radius 2 is 1.55 bits per heavy atom. The summed E-state index contributed by atoms with van der Waals surface area (Å²) in [6.45, 7) is 0.532. The van der Waals surface area contributed by atoms with Gasteiger partial charge < -0.3 is 5.73 Å². The Bertz CT molecular complexity index is 958. The Balaban J connectivity index is 1.42. The molecule has 160 valence electrons. The van der Waals surface area contributed by atoms with Crippen LogP contribution < -0.4 is 5.73 Å². The fourth-order valence-corrected chi connectivity index (χ4v) is 5.33. The molecule has 2 N–H and O–H groups in total. The molecule has 5 heteroatoms. The number of aliphatic imine (C=N–C) groups is 1. The van der Waals surface area contributed by atoms with Crippen molar-refractivity contribution in [2.45, 2.75) is 44.1 Å². The lowest BCUT2D eigenvalue weighted by molar-refractivity contribution is -0.130. The average molecular weight is 416 g/mol. The Morgan fingerprint density at radius 1 is 0.935 bits per heavy atom. The number of carbonyl (C=O) groups is 2. The average Bonchev–Trinajstić information content (AvgIpc) is 3.63. The van der Waals surface area contributed by atoms with E-state index in [1.807, 2.05) is 60.7 Å². The van der Waals surface area contributed by atoms with Gasteiger partial charge >= 0.3 is 0 Å². The Morgan fingerprint density at radius 3 is 2.13 bits per heavy atom. The zero-order valence-electron chi connectivity index (χ0n) is 17.7. The van der Waals surface area contributed by atoms with Crippen LogP contribution >= 0.6 is 0 Å². The van der Waals surface area contributed by atoms with Crippen LogP contribution in [0.15, 0.2) is 65.7 Å². The summed E-state index contributed by atoms with van der Waals surface area (Å²) in [5, 5.41) is 0. The summed E-state index contributed by atoms with van der Waals surface area (Å²) < 4.78 is 0. The second kappa shape index (κ2) is 7.95. The number of Topliss-reactive ketones (excluding diaryl/α,β-unsaturated/α-hetero) is 1. The highest BCUT2D eigenvalue weighted by Crippen LogP contribution is 2.42. The number of amides is 1. The van der Waals surface area contributed by atoms with Crippen LogP contribution in [-0.2, 0) is 15.1 Å². The van der Waals surface area contributed by atoms with Crippen LogP contribution in [0.1, 0.15) is 49.7 Å². The summed E-state index contributed by atoms with van der Waals surface area (Å²) in [6.07, 6.45) is 6.02. The topological polar surface area (TPSA) is 75.8 Å². The summed E-state index contributed by atoms with van der Waals surface area (Å²) in [5.74, 6) is 1.35. The van der Waals surface area contributed by atoms with E-state index < -0.39 is 5.54 Å². The summed E-state index contributed by atoms with van der Waals surface area (Å²) in [5.41, 5.74) is 6.87. The van der Waals surface area contributed by atoms with Crippen molar-refractivity contribution in [3.05, 3.63) is 71.8 Å². The maximum atomic E-state index is 13.9. The van der Waals surface area contributed by atoms with Gasteiger partial charge in [-0.25, -0.2) is 4.99 Å². The molecule has 3 aliphatic rings. The number of rotatable bonds is 6. The second-order valence-electron chi connectivity index (χ2n) is 9.23. The van der Waals surface area contributed by atoms with E-state index in [-0.39, 0.29) is 23.7 Å². The van der Waals surface area contributed by atoms with Crippen LogP contribution in [-0.4, -0.2) is 29.1 Å². The lowest BCUT2D eigenvalue weighted by Gasteiger charge is -2.32. The minimum absolute atomic E-state index is 0.0990. The SMILES string of the molecule is NC1=NC(c2ccccc2)(c2ccccc2)C(=O)N1CC1CCCC(C(=O)C2CC2)C1. The largest absolute Gasteiger partial charge is 0.369 e. The van der Waals surface area contributed by atoms with E-state index in [1.165, 1.54) is 0 Å². The first-order chi connectivity index (χ1) is 15.1. The zero-order chi connectivity index (χ0) is 21.4. The van der Waals surface area contributed by atoms with Crippen molar-refractivity contribution in [3.63, 3.8) is 0 Å². The van der Waals surface area contributed by atoms with Crippen molar-refractivity contribution in [3.8, 4) is 0 Å². The minimum atomic E-state index is -1.15. The fraction of sp³-hybridized carbons (Fsp3) is 0.423. The quantitative estimate of drug-likeness (QED) is 0.778. The predicted octanol–water partition coefficient (Wildman–Crippen LogP) is 3.87. The first-order valence-electron chi connectivity index (χ1n) is 11.4. The van der Waals surface area contributed by atoms with Gasteiger partial charge in [0.05, 0.1) is 0 Å². The third-order valence-corrected chi connectivity index (χ3v) is 7.10. The monoisotopic (exact) mass is 415 g/mol. The van der Waals surface area contributed by atoms with E-state index in [9.17, 15) is 9.59 Å². The molecule has 5 nitrogen and oxygen atoms in total. The first kappa shape index (κ1) is 20.0. The minimum Gasteiger partial charge on any atom is -0.369 e. The van der Waals surface area contributed by atoms with Crippen molar-refractivity contribution >= 4 is 17.6 Å².